The zero-order valence-corrected chi connectivity index (χ0v) is 23.0. The molecule has 0 bridgehead atoms. The highest BCUT2D eigenvalue weighted by Gasteiger charge is 2.20. The number of hydrogen-bond acceptors (Lipinski definition) is 7. The lowest BCUT2D eigenvalue weighted by molar-refractivity contribution is -0.137. The molecule has 0 unspecified atom stereocenters. The summed E-state index contributed by atoms with van der Waals surface area (Å²) in [7, 11) is 0. The minimum atomic E-state index is -0.260. The molecule has 0 radical (unpaired) electrons. The Morgan fingerprint density at radius 1 is 1.22 bits per heavy atom. The number of benzene rings is 2. The van der Waals surface area contributed by atoms with Crippen molar-refractivity contribution in [3.05, 3.63) is 61.6 Å². The first-order valence-corrected chi connectivity index (χ1v) is 13.3. The summed E-state index contributed by atoms with van der Waals surface area (Å²) < 4.78 is 18.9. The Hall–Kier alpha value is -2.95. The number of carbonyl (C=O) groups excluding carboxylic acids is 1. The summed E-state index contributed by atoms with van der Waals surface area (Å²) in [6.45, 7) is 6.15. The average molecular weight is 592 g/mol. The van der Waals surface area contributed by atoms with Crippen LogP contribution in [0.15, 0.2) is 44.7 Å². The molecule has 9 nitrogen and oxygen atoms in total. The number of rotatable bonds is 9. The maximum absolute atomic E-state index is 13.2. The fourth-order valence-electron chi connectivity index (χ4n) is 3.93. The largest absolute Gasteiger partial charge is 0.490 e. The highest BCUT2D eigenvalue weighted by Crippen LogP contribution is 2.36. The van der Waals surface area contributed by atoms with Crippen LogP contribution in [0.5, 0.6) is 11.5 Å². The van der Waals surface area contributed by atoms with Gasteiger partial charge in [-0.3, -0.25) is 9.59 Å². The van der Waals surface area contributed by atoms with E-state index in [4.69, 9.17) is 25.8 Å². The van der Waals surface area contributed by atoms with Crippen LogP contribution >= 0.6 is 27.5 Å². The van der Waals surface area contributed by atoms with E-state index in [9.17, 15) is 9.59 Å². The molecule has 2 aromatic carbocycles. The topological polar surface area (TPSA) is 95.3 Å². The summed E-state index contributed by atoms with van der Waals surface area (Å²) in [6.07, 6.45) is 2.93. The Morgan fingerprint density at radius 2 is 2.00 bits per heavy atom. The molecule has 0 aliphatic carbocycles. The van der Waals surface area contributed by atoms with Crippen LogP contribution in [0.1, 0.15) is 31.7 Å². The summed E-state index contributed by atoms with van der Waals surface area (Å²) in [5.74, 6) is 1.08. The van der Waals surface area contributed by atoms with Crippen molar-refractivity contribution in [1.29, 1.82) is 0 Å². The normalized spacial score (nSPS) is 13.9. The van der Waals surface area contributed by atoms with Crippen molar-refractivity contribution < 1.29 is 19.0 Å². The quantitative estimate of drug-likeness (QED) is 0.345. The lowest BCUT2D eigenvalue weighted by Gasteiger charge is -2.27. The molecule has 196 valence electrons. The number of aryl methyl sites for hydroxylation is 1. The third-order valence-corrected chi connectivity index (χ3v) is 6.48. The predicted molar refractivity (Wildman–Crippen MR) is 146 cm³/mol. The van der Waals surface area contributed by atoms with Crippen molar-refractivity contribution in [2.24, 2.45) is 5.10 Å². The smallest absolute Gasteiger partial charge is 0.282 e. The monoisotopic (exact) mass is 590 g/mol. The Labute approximate surface area is 228 Å². The summed E-state index contributed by atoms with van der Waals surface area (Å²) in [5, 5.41) is 5.19. The van der Waals surface area contributed by atoms with Gasteiger partial charge in [0.05, 0.1) is 42.0 Å². The molecule has 1 aliphatic heterocycles. The zero-order chi connectivity index (χ0) is 26.4. The van der Waals surface area contributed by atoms with Crippen molar-refractivity contribution >= 4 is 50.6 Å². The lowest BCUT2D eigenvalue weighted by atomic mass is 10.2. The van der Waals surface area contributed by atoms with E-state index in [0.717, 1.165) is 10.9 Å². The molecule has 0 saturated carbocycles. The van der Waals surface area contributed by atoms with Crippen LogP contribution < -0.4 is 15.0 Å². The van der Waals surface area contributed by atoms with E-state index in [-0.39, 0.29) is 28.8 Å². The Balaban J connectivity index is 1.62. The first-order valence-electron chi connectivity index (χ1n) is 12.1. The fraction of sp³-hybridized carbons (Fsp3) is 0.385. The first kappa shape index (κ1) is 27.1. The van der Waals surface area contributed by atoms with E-state index >= 15 is 0 Å². The van der Waals surface area contributed by atoms with Crippen LogP contribution in [0.2, 0.25) is 5.02 Å². The van der Waals surface area contributed by atoms with Gasteiger partial charge in [-0.1, -0.05) is 34.5 Å². The molecule has 3 aromatic rings. The molecule has 0 N–H and O–H groups in total. The second-order valence-electron chi connectivity index (χ2n) is 8.35. The van der Waals surface area contributed by atoms with Gasteiger partial charge < -0.3 is 19.1 Å². The predicted octanol–water partition coefficient (Wildman–Crippen LogP) is 4.28. The maximum atomic E-state index is 13.2. The molecule has 1 amide bonds. The summed E-state index contributed by atoms with van der Waals surface area (Å²) in [4.78, 5) is 32.1. The summed E-state index contributed by atoms with van der Waals surface area (Å²) >= 11 is 9.94. The number of aromatic nitrogens is 2. The van der Waals surface area contributed by atoms with Crippen molar-refractivity contribution in [2.45, 2.75) is 26.7 Å². The number of ether oxygens (including phenoxy) is 3. The molecule has 2 heterocycles. The molecule has 1 saturated heterocycles. The molecule has 37 heavy (non-hydrogen) atoms. The molecule has 1 fully saturated rings. The van der Waals surface area contributed by atoms with Gasteiger partial charge in [-0.05, 0) is 49.2 Å². The van der Waals surface area contributed by atoms with Gasteiger partial charge in [0.15, 0.2) is 18.1 Å². The van der Waals surface area contributed by atoms with Gasteiger partial charge in [-0.25, -0.2) is 4.98 Å². The number of amides is 1. The molecular weight excluding hydrogens is 564 g/mol. The Bertz CT molecular complexity index is 1370. The second kappa shape index (κ2) is 12.5. The molecule has 0 spiro atoms. The zero-order valence-electron chi connectivity index (χ0n) is 20.7. The van der Waals surface area contributed by atoms with Crippen LogP contribution in [0.4, 0.5) is 0 Å². The number of hydrogen-bond donors (Lipinski definition) is 0. The molecule has 1 aromatic heterocycles. The van der Waals surface area contributed by atoms with Crippen molar-refractivity contribution in [1.82, 2.24) is 14.6 Å². The molecule has 4 rings (SSSR count). The molecule has 1 aliphatic rings. The SMILES string of the molecule is CCCc1nc2ccc(Br)cc2c(=O)n1N=Cc1cc(Cl)c(OCC(=O)N2CCOCC2)c(OCC)c1. The van der Waals surface area contributed by atoms with Crippen LogP contribution in [-0.4, -0.2) is 66.2 Å². The van der Waals surface area contributed by atoms with E-state index in [2.05, 4.69) is 26.0 Å². The number of carbonyl (C=O) groups is 1. The first-order chi connectivity index (χ1) is 17.9. The van der Waals surface area contributed by atoms with E-state index < -0.39 is 0 Å². The lowest BCUT2D eigenvalue weighted by Crippen LogP contribution is -2.43. The summed E-state index contributed by atoms with van der Waals surface area (Å²) in [5.41, 5.74) is 0.964. The molecular formula is C26H28BrClN4O5. The number of halogens is 2. The van der Waals surface area contributed by atoms with E-state index in [1.807, 2.05) is 26.0 Å². The van der Waals surface area contributed by atoms with Gasteiger partial charge in [-0.2, -0.15) is 9.78 Å². The van der Waals surface area contributed by atoms with Crippen LogP contribution in [0, 0.1) is 0 Å². The van der Waals surface area contributed by atoms with E-state index in [1.165, 1.54) is 10.9 Å². The van der Waals surface area contributed by atoms with E-state index in [0.29, 0.717) is 67.4 Å². The third kappa shape index (κ3) is 6.49. The van der Waals surface area contributed by atoms with Crippen LogP contribution in [0.25, 0.3) is 10.9 Å². The number of fused-ring (bicyclic) bond motifs is 1. The van der Waals surface area contributed by atoms with Crippen LogP contribution in [0.3, 0.4) is 0 Å². The highest BCUT2D eigenvalue weighted by molar-refractivity contribution is 9.10. The van der Waals surface area contributed by atoms with E-state index in [1.54, 1.807) is 23.1 Å². The number of nitrogens with zero attached hydrogens (tertiary/aromatic N) is 4. The van der Waals surface area contributed by atoms with Gasteiger partial charge in [-0.15, -0.1) is 0 Å². The summed E-state index contributed by atoms with van der Waals surface area (Å²) in [6, 6.07) is 8.76. The van der Waals surface area contributed by atoms with Gasteiger partial charge in [0, 0.05) is 24.0 Å². The highest BCUT2D eigenvalue weighted by atomic mass is 79.9. The second-order valence-corrected chi connectivity index (χ2v) is 9.67. The minimum Gasteiger partial charge on any atom is -0.490 e. The van der Waals surface area contributed by atoms with Gasteiger partial charge in [0.25, 0.3) is 11.5 Å². The van der Waals surface area contributed by atoms with Gasteiger partial charge in [0.1, 0.15) is 5.82 Å². The van der Waals surface area contributed by atoms with Crippen LogP contribution in [-0.2, 0) is 16.0 Å². The Morgan fingerprint density at radius 3 is 2.73 bits per heavy atom. The third-order valence-electron chi connectivity index (χ3n) is 5.71. The van der Waals surface area contributed by atoms with Crippen molar-refractivity contribution in [3.63, 3.8) is 0 Å². The van der Waals surface area contributed by atoms with Gasteiger partial charge in [0.2, 0.25) is 0 Å². The molecule has 0 atom stereocenters. The average Bonchev–Trinajstić information content (AvgIpc) is 2.89. The van der Waals surface area contributed by atoms with Crippen molar-refractivity contribution in [3.8, 4) is 11.5 Å². The molecule has 11 heteroatoms. The van der Waals surface area contributed by atoms with Gasteiger partial charge >= 0.3 is 0 Å². The van der Waals surface area contributed by atoms with Crippen molar-refractivity contribution in [2.75, 3.05) is 39.5 Å². The maximum Gasteiger partial charge on any atom is 0.282 e. The standard InChI is InChI=1S/C26H28BrClN4O5/c1-3-5-23-30-21-7-6-18(27)14-19(21)26(34)32(23)29-15-17-12-20(28)25(22(13-17)36-4-2)37-16-24(33)31-8-10-35-11-9-31/h6-7,12-15H,3-5,8-11,16H2,1-2H3. The Kier molecular flexibility index (Phi) is 9.18. The minimum absolute atomic E-state index is 0.147. The fourth-order valence-corrected chi connectivity index (χ4v) is 4.56. The number of morpholine rings is 1.